The van der Waals surface area contributed by atoms with Crippen LogP contribution in [0.5, 0.6) is 11.5 Å². The van der Waals surface area contributed by atoms with Gasteiger partial charge in [-0.15, -0.1) is 0 Å². The molecule has 3 heteroatoms. The predicted molar refractivity (Wildman–Crippen MR) is 129 cm³/mol. The highest BCUT2D eigenvalue weighted by Crippen LogP contribution is 2.74. The number of allylic oxidation sites excluding steroid dienone is 2. The molecule has 4 aliphatic carbocycles. The number of aromatic hydroxyl groups is 2. The van der Waals surface area contributed by atoms with Crippen molar-refractivity contribution < 1.29 is 15.3 Å². The largest absolute Gasteiger partial charge is 0.504 e. The first-order valence-electron chi connectivity index (χ1n) is 12.7. The van der Waals surface area contributed by atoms with Gasteiger partial charge in [-0.25, -0.2) is 0 Å². The molecule has 1 aromatic rings. The van der Waals surface area contributed by atoms with Gasteiger partial charge in [-0.1, -0.05) is 46.3 Å². The maximum Gasteiger partial charge on any atom is 0.160 e. The molecule has 1 aromatic carbocycles. The minimum atomic E-state index is -0.0968. The number of fused-ring (bicyclic) bond motifs is 7. The summed E-state index contributed by atoms with van der Waals surface area (Å²) in [6, 6.07) is 1.85. The maximum absolute atomic E-state index is 10.5. The topological polar surface area (TPSA) is 60.7 Å². The molecule has 3 fully saturated rings. The number of aliphatic hydroxyl groups excluding tert-OH is 1. The highest BCUT2D eigenvalue weighted by molar-refractivity contribution is 5.60. The standard InChI is InChI=1S/C29H42O3/c1-18-19-7-8-22-27(4,20(19)15-21(31)24(18)32)12-14-29(6)23-16-25(2,17-30)9-10-26(23,3)11-13-28(22,29)5/h8,15,23,30-32H,7,9-14,16-17H2,1-6H3. The van der Waals surface area contributed by atoms with E-state index in [4.69, 9.17) is 0 Å². The number of hydrogen-bond donors (Lipinski definition) is 3. The van der Waals surface area contributed by atoms with Crippen molar-refractivity contribution in [3.63, 3.8) is 0 Å². The molecule has 3 N–H and O–H groups in total. The van der Waals surface area contributed by atoms with E-state index in [0.29, 0.717) is 17.9 Å². The maximum atomic E-state index is 10.5. The fourth-order valence-electron chi connectivity index (χ4n) is 8.91. The van der Waals surface area contributed by atoms with Crippen LogP contribution in [0.2, 0.25) is 0 Å². The molecule has 176 valence electrons. The first-order valence-corrected chi connectivity index (χ1v) is 12.7. The van der Waals surface area contributed by atoms with Crippen LogP contribution in [0.4, 0.5) is 0 Å². The molecule has 6 atom stereocenters. The molecule has 0 amide bonds. The van der Waals surface area contributed by atoms with Gasteiger partial charge in [0.1, 0.15) is 0 Å². The number of aliphatic hydroxyl groups is 1. The molecule has 3 nitrogen and oxygen atoms in total. The van der Waals surface area contributed by atoms with Gasteiger partial charge >= 0.3 is 0 Å². The zero-order valence-electron chi connectivity index (χ0n) is 20.9. The Labute approximate surface area is 193 Å². The van der Waals surface area contributed by atoms with Crippen molar-refractivity contribution in [2.24, 2.45) is 27.6 Å². The van der Waals surface area contributed by atoms with Crippen molar-refractivity contribution in [2.45, 2.75) is 98.3 Å². The van der Waals surface area contributed by atoms with Crippen LogP contribution in [-0.2, 0) is 11.8 Å². The van der Waals surface area contributed by atoms with Crippen LogP contribution in [0.3, 0.4) is 0 Å². The molecule has 3 saturated carbocycles. The highest BCUT2D eigenvalue weighted by atomic mass is 16.3. The van der Waals surface area contributed by atoms with Gasteiger partial charge in [0.2, 0.25) is 0 Å². The van der Waals surface area contributed by atoms with Gasteiger partial charge in [-0.3, -0.25) is 0 Å². The summed E-state index contributed by atoms with van der Waals surface area (Å²) in [5.41, 5.74) is 5.44. The molecule has 0 aliphatic heterocycles. The Bertz CT molecular complexity index is 1010. The van der Waals surface area contributed by atoms with Crippen LogP contribution in [-0.4, -0.2) is 21.9 Å². The Kier molecular flexibility index (Phi) is 4.57. The highest BCUT2D eigenvalue weighted by Gasteiger charge is 2.66. The number of hydrogen-bond acceptors (Lipinski definition) is 3. The lowest BCUT2D eigenvalue weighted by Gasteiger charge is -2.70. The summed E-state index contributed by atoms with van der Waals surface area (Å²) in [5.74, 6) is 0.667. The summed E-state index contributed by atoms with van der Waals surface area (Å²) >= 11 is 0. The summed E-state index contributed by atoms with van der Waals surface area (Å²) in [7, 11) is 0. The Hall–Kier alpha value is -1.48. The molecule has 0 spiro atoms. The second-order valence-electron chi connectivity index (χ2n) is 13.2. The van der Waals surface area contributed by atoms with Crippen LogP contribution in [0.15, 0.2) is 17.7 Å². The summed E-state index contributed by atoms with van der Waals surface area (Å²) in [4.78, 5) is 0. The average molecular weight is 439 g/mol. The van der Waals surface area contributed by atoms with Crippen LogP contribution in [0.1, 0.15) is 96.3 Å². The molecule has 4 aliphatic rings. The second-order valence-corrected chi connectivity index (χ2v) is 13.2. The van der Waals surface area contributed by atoms with Crippen molar-refractivity contribution in [3.8, 4) is 11.5 Å². The van der Waals surface area contributed by atoms with E-state index >= 15 is 0 Å². The zero-order chi connectivity index (χ0) is 23.3. The number of phenolic OH excluding ortho intramolecular Hbond substituents is 2. The molecule has 0 bridgehead atoms. The van der Waals surface area contributed by atoms with Crippen molar-refractivity contribution in [1.82, 2.24) is 0 Å². The van der Waals surface area contributed by atoms with Gasteiger partial charge in [-0.05, 0) is 109 Å². The Morgan fingerprint density at radius 1 is 0.938 bits per heavy atom. The Morgan fingerprint density at radius 3 is 2.31 bits per heavy atom. The zero-order valence-corrected chi connectivity index (χ0v) is 20.9. The molecule has 0 saturated heterocycles. The molecule has 6 unspecified atom stereocenters. The number of phenols is 2. The second kappa shape index (κ2) is 6.56. The number of benzene rings is 1. The van der Waals surface area contributed by atoms with Crippen molar-refractivity contribution in [2.75, 3.05) is 6.61 Å². The summed E-state index contributed by atoms with van der Waals surface area (Å²) < 4.78 is 0. The van der Waals surface area contributed by atoms with Crippen molar-refractivity contribution in [1.29, 1.82) is 0 Å². The predicted octanol–water partition coefficient (Wildman–Crippen LogP) is 6.55. The van der Waals surface area contributed by atoms with Crippen LogP contribution in [0, 0.1) is 34.5 Å². The third-order valence-corrected chi connectivity index (χ3v) is 11.5. The fourth-order valence-corrected chi connectivity index (χ4v) is 8.91. The van der Waals surface area contributed by atoms with E-state index in [1.54, 1.807) is 5.57 Å². The van der Waals surface area contributed by atoms with E-state index < -0.39 is 0 Å². The molecule has 0 aromatic heterocycles. The number of rotatable bonds is 1. The molecule has 0 radical (unpaired) electrons. The van der Waals surface area contributed by atoms with Gasteiger partial charge in [0.05, 0.1) is 0 Å². The van der Waals surface area contributed by atoms with Crippen LogP contribution in [0.25, 0.3) is 0 Å². The van der Waals surface area contributed by atoms with Gasteiger partial charge in [-0.2, -0.15) is 0 Å². The van der Waals surface area contributed by atoms with E-state index in [1.165, 1.54) is 36.8 Å². The van der Waals surface area contributed by atoms with E-state index in [-0.39, 0.29) is 33.2 Å². The Morgan fingerprint density at radius 2 is 1.62 bits per heavy atom. The van der Waals surface area contributed by atoms with Gasteiger partial charge in [0, 0.05) is 12.0 Å². The first kappa shape index (κ1) is 22.3. The van der Waals surface area contributed by atoms with E-state index in [9.17, 15) is 15.3 Å². The van der Waals surface area contributed by atoms with Crippen LogP contribution < -0.4 is 0 Å². The van der Waals surface area contributed by atoms with E-state index in [2.05, 4.69) is 40.7 Å². The smallest absolute Gasteiger partial charge is 0.160 e. The SMILES string of the molecule is Cc1c(O)c(O)cc2c1CC=C1C2(C)CCC2(C)C3CC(C)(CO)CCC3(C)CCC12C. The molecular weight excluding hydrogens is 396 g/mol. The minimum absolute atomic E-state index is 0.0180. The monoisotopic (exact) mass is 438 g/mol. The van der Waals surface area contributed by atoms with E-state index in [1.807, 2.05) is 13.0 Å². The summed E-state index contributed by atoms with van der Waals surface area (Å²) in [6.07, 6.45) is 11.5. The quantitative estimate of drug-likeness (QED) is 0.344. The lowest BCUT2D eigenvalue weighted by molar-refractivity contribution is -0.163. The van der Waals surface area contributed by atoms with Gasteiger partial charge in [0.25, 0.3) is 0 Å². The first-order chi connectivity index (χ1) is 14.8. The summed E-state index contributed by atoms with van der Waals surface area (Å²) in [5, 5.41) is 31.1. The lowest BCUT2D eigenvalue weighted by Crippen LogP contribution is -2.62. The molecule has 0 heterocycles. The Balaban J connectivity index is 1.63. The molecular formula is C29H42O3. The summed E-state index contributed by atoms with van der Waals surface area (Å²) in [6.45, 7) is 14.5. The average Bonchev–Trinajstić information content (AvgIpc) is 2.76. The molecule has 5 rings (SSSR count). The van der Waals surface area contributed by atoms with Gasteiger partial charge in [0.15, 0.2) is 11.5 Å². The van der Waals surface area contributed by atoms with Gasteiger partial charge < -0.3 is 15.3 Å². The van der Waals surface area contributed by atoms with E-state index in [0.717, 1.165) is 31.2 Å². The van der Waals surface area contributed by atoms with Crippen LogP contribution >= 0.6 is 0 Å². The van der Waals surface area contributed by atoms with Crippen molar-refractivity contribution >= 4 is 0 Å². The van der Waals surface area contributed by atoms with Crippen molar-refractivity contribution in [3.05, 3.63) is 34.4 Å². The lowest BCUT2D eigenvalue weighted by atomic mass is 9.34. The fraction of sp³-hybridized carbons (Fsp3) is 0.724. The minimum Gasteiger partial charge on any atom is -0.504 e. The molecule has 32 heavy (non-hydrogen) atoms. The third-order valence-electron chi connectivity index (χ3n) is 11.5. The normalized spacial score (nSPS) is 45.2. The third kappa shape index (κ3) is 2.58.